The summed E-state index contributed by atoms with van der Waals surface area (Å²) in [5.41, 5.74) is -5.25. The maximum atomic E-state index is 12.2. The zero-order valence-corrected chi connectivity index (χ0v) is 11.9. The van der Waals surface area contributed by atoms with E-state index >= 15 is 0 Å². The molecule has 0 radical (unpaired) electrons. The number of ether oxygens (including phenoxy) is 2. The topological polar surface area (TPSA) is 131 Å². The van der Waals surface area contributed by atoms with Crippen molar-refractivity contribution in [2.75, 3.05) is 6.61 Å². The molecule has 1 aliphatic carbocycles. The molecule has 7 heteroatoms. The Bertz CT molecular complexity index is 639. The lowest BCUT2D eigenvalue weighted by molar-refractivity contribution is -0.158. The Kier molecular flexibility index (Phi) is 2.96. The van der Waals surface area contributed by atoms with Gasteiger partial charge < -0.3 is 9.47 Å². The Morgan fingerprint density at radius 2 is 1.95 bits per heavy atom. The van der Waals surface area contributed by atoms with E-state index in [9.17, 15) is 20.6 Å². The Morgan fingerprint density at radius 3 is 2.33 bits per heavy atom. The van der Waals surface area contributed by atoms with Crippen LogP contribution < -0.4 is 0 Å². The molecule has 1 saturated heterocycles. The van der Waals surface area contributed by atoms with Crippen molar-refractivity contribution in [3.05, 3.63) is 0 Å². The van der Waals surface area contributed by atoms with E-state index < -0.39 is 40.1 Å². The van der Waals surface area contributed by atoms with Gasteiger partial charge in [0.15, 0.2) is 11.0 Å². The molecule has 4 atom stereocenters. The lowest BCUT2D eigenvalue weighted by atomic mass is 9.63. The zero-order valence-electron chi connectivity index (χ0n) is 11.9. The third-order valence-corrected chi connectivity index (χ3v) is 4.84. The van der Waals surface area contributed by atoms with Crippen molar-refractivity contribution in [1.29, 1.82) is 21.2 Å². The van der Waals surface area contributed by atoms with Gasteiger partial charge in [0.1, 0.15) is 5.92 Å². The Morgan fingerprint density at radius 1 is 1.38 bits per heavy atom. The maximum Gasteiger partial charge on any atom is 0.313 e. The van der Waals surface area contributed by atoms with Gasteiger partial charge in [-0.3, -0.25) is 10.2 Å². The second kappa shape index (κ2) is 4.20. The number of carbonyl (C=O) groups is 1. The number of esters is 1. The molecule has 0 aromatic heterocycles. The summed E-state index contributed by atoms with van der Waals surface area (Å²) in [6.07, 6.45) is 0. The van der Waals surface area contributed by atoms with E-state index in [1.165, 1.54) is 6.92 Å². The first-order valence-electron chi connectivity index (χ1n) is 6.51. The first-order chi connectivity index (χ1) is 9.82. The van der Waals surface area contributed by atoms with Gasteiger partial charge in [-0.25, -0.2) is 0 Å². The van der Waals surface area contributed by atoms with Crippen LogP contribution in [-0.4, -0.2) is 24.1 Å². The molecule has 1 N–H and O–H groups in total. The zero-order chi connectivity index (χ0) is 16.1. The van der Waals surface area contributed by atoms with Gasteiger partial charge in [0.25, 0.3) is 0 Å². The number of rotatable bonds is 2. The van der Waals surface area contributed by atoms with E-state index in [4.69, 9.17) is 14.9 Å². The van der Waals surface area contributed by atoms with Crippen LogP contribution in [0.25, 0.3) is 0 Å². The molecular formula is C14H14N4O3. The first-order valence-corrected chi connectivity index (χ1v) is 6.51. The summed E-state index contributed by atoms with van der Waals surface area (Å²) in [5.74, 6) is -2.73. The van der Waals surface area contributed by atoms with Crippen LogP contribution in [0.4, 0.5) is 0 Å². The largest absolute Gasteiger partial charge is 0.470 e. The van der Waals surface area contributed by atoms with Crippen molar-refractivity contribution in [1.82, 2.24) is 0 Å². The van der Waals surface area contributed by atoms with Crippen molar-refractivity contribution in [3.63, 3.8) is 0 Å². The monoisotopic (exact) mass is 286 g/mol. The van der Waals surface area contributed by atoms with Crippen LogP contribution in [0.5, 0.6) is 0 Å². The van der Waals surface area contributed by atoms with E-state index in [0.29, 0.717) is 0 Å². The molecule has 108 valence electrons. The third kappa shape index (κ3) is 1.21. The smallest absolute Gasteiger partial charge is 0.313 e. The van der Waals surface area contributed by atoms with E-state index in [0.717, 1.165) is 0 Å². The maximum absolute atomic E-state index is 12.2. The molecule has 7 nitrogen and oxygen atoms in total. The average molecular weight is 286 g/mol. The highest BCUT2D eigenvalue weighted by molar-refractivity contribution is 5.94. The molecular weight excluding hydrogens is 272 g/mol. The lowest BCUT2D eigenvalue weighted by Gasteiger charge is -2.35. The molecule has 2 fully saturated rings. The summed E-state index contributed by atoms with van der Waals surface area (Å²) in [7, 11) is 0. The number of nitriles is 3. The molecule has 2 bridgehead atoms. The van der Waals surface area contributed by atoms with Gasteiger partial charge in [-0.05, 0) is 13.8 Å². The normalized spacial score (nSPS) is 38.8. The van der Waals surface area contributed by atoms with E-state index in [-0.39, 0.29) is 6.61 Å². The highest BCUT2D eigenvalue weighted by atomic mass is 16.5. The Hall–Kier alpha value is -2.59. The van der Waals surface area contributed by atoms with Gasteiger partial charge in [-0.1, -0.05) is 6.92 Å². The number of nitrogens with zero attached hydrogens (tertiary/aromatic N) is 3. The molecule has 0 amide bonds. The first kappa shape index (κ1) is 14.8. The van der Waals surface area contributed by atoms with Crippen LogP contribution in [-0.2, 0) is 14.3 Å². The predicted octanol–water partition coefficient (Wildman–Crippen LogP) is 1.13. The van der Waals surface area contributed by atoms with Gasteiger partial charge in [-0.2, -0.15) is 15.8 Å². The second-order valence-corrected chi connectivity index (χ2v) is 5.45. The summed E-state index contributed by atoms with van der Waals surface area (Å²) in [4.78, 5) is 12.2. The number of nitrogens with one attached hydrogen (secondary N) is 1. The fourth-order valence-corrected chi connectivity index (χ4v) is 3.82. The number of fused-ring (bicyclic) bond motifs is 2. The summed E-state index contributed by atoms with van der Waals surface area (Å²) < 4.78 is 10.4. The minimum absolute atomic E-state index is 0.140. The van der Waals surface area contributed by atoms with Crippen LogP contribution in [0.2, 0.25) is 0 Å². The molecule has 1 aliphatic heterocycles. The molecule has 1 saturated carbocycles. The molecule has 0 aromatic carbocycles. The fourth-order valence-electron chi connectivity index (χ4n) is 3.82. The van der Waals surface area contributed by atoms with Crippen LogP contribution >= 0.6 is 0 Å². The average Bonchev–Trinajstić information content (AvgIpc) is 2.73. The SMILES string of the molecule is CCOC(=O)[C@@H]1[C@H](C)[C@]2(C#N)C(=N)O[C@]1(C)C2(C#N)C#N. The summed E-state index contributed by atoms with van der Waals surface area (Å²) in [6, 6.07) is 5.61. The van der Waals surface area contributed by atoms with Crippen molar-refractivity contribution in [2.24, 2.45) is 22.7 Å². The van der Waals surface area contributed by atoms with Crippen LogP contribution in [0.3, 0.4) is 0 Å². The molecule has 0 aromatic rings. The molecule has 21 heavy (non-hydrogen) atoms. The van der Waals surface area contributed by atoms with Crippen LogP contribution in [0.1, 0.15) is 20.8 Å². The Labute approximate surface area is 122 Å². The molecule has 1 heterocycles. The highest BCUT2D eigenvalue weighted by Crippen LogP contribution is 2.70. The molecule has 0 spiro atoms. The fraction of sp³-hybridized carbons (Fsp3) is 0.643. The van der Waals surface area contributed by atoms with Gasteiger partial charge in [-0.15, -0.1) is 0 Å². The van der Waals surface area contributed by atoms with E-state index in [1.807, 2.05) is 18.2 Å². The van der Waals surface area contributed by atoms with Gasteiger partial charge in [0.2, 0.25) is 11.3 Å². The quantitative estimate of drug-likeness (QED) is 0.757. The van der Waals surface area contributed by atoms with Crippen LogP contribution in [0.15, 0.2) is 0 Å². The van der Waals surface area contributed by atoms with Crippen molar-refractivity contribution in [3.8, 4) is 18.2 Å². The van der Waals surface area contributed by atoms with Gasteiger partial charge in [0.05, 0.1) is 24.8 Å². The summed E-state index contributed by atoms with van der Waals surface area (Å²) in [5, 5.41) is 36.7. The van der Waals surface area contributed by atoms with Crippen LogP contribution in [0, 0.1) is 62.1 Å². The standard InChI is InChI=1S/C14H14N4O3/c1-4-20-10(19)9-8(2)14(7-17)11(18)21-12(9,3)13(14,5-15)6-16/h8-9,18H,4H2,1-3H3/t8-,9-,12-,14+/m0/s1. The molecule has 2 rings (SSSR count). The van der Waals surface area contributed by atoms with Crippen molar-refractivity contribution in [2.45, 2.75) is 26.4 Å². The van der Waals surface area contributed by atoms with E-state index in [1.54, 1.807) is 13.8 Å². The second-order valence-electron chi connectivity index (χ2n) is 5.45. The molecule has 0 unspecified atom stereocenters. The third-order valence-electron chi connectivity index (χ3n) is 4.84. The molecule has 2 aliphatic rings. The number of hydrogen-bond donors (Lipinski definition) is 1. The predicted molar refractivity (Wildman–Crippen MR) is 68.2 cm³/mol. The Balaban J connectivity index is 2.75. The number of carbonyl (C=O) groups excluding carboxylic acids is 1. The van der Waals surface area contributed by atoms with Gasteiger partial charge in [0, 0.05) is 5.92 Å². The summed E-state index contributed by atoms with van der Waals surface area (Å²) >= 11 is 0. The highest BCUT2D eigenvalue weighted by Gasteiger charge is 2.86. The van der Waals surface area contributed by atoms with Gasteiger partial charge >= 0.3 is 5.97 Å². The lowest BCUT2D eigenvalue weighted by Crippen LogP contribution is -2.48. The van der Waals surface area contributed by atoms with E-state index in [2.05, 4.69) is 0 Å². The number of hydrogen-bond acceptors (Lipinski definition) is 7. The van der Waals surface area contributed by atoms with Crippen molar-refractivity contribution >= 4 is 11.9 Å². The summed E-state index contributed by atoms with van der Waals surface area (Å²) in [6.45, 7) is 4.79. The van der Waals surface area contributed by atoms with Crippen molar-refractivity contribution < 1.29 is 14.3 Å². The minimum atomic E-state index is -1.91. The minimum Gasteiger partial charge on any atom is -0.470 e.